The van der Waals surface area contributed by atoms with Crippen LogP contribution < -0.4 is 0 Å². The molecule has 6 nitrogen and oxygen atoms in total. The highest BCUT2D eigenvalue weighted by Gasteiger charge is 2.23. The average molecular weight is 399 g/mol. The van der Waals surface area contributed by atoms with E-state index in [0.717, 1.165) is 46.9 Å². The highest BCUT2D eigenvalue weighted by Crippen LogP contribution is 2.39. The standard InChI is InChI=1S/C19H17N3O3S2/c23-18(21-10-4-1-5-11-21)13-8-9-17(15(12-13)22(24)25)27-19-20-14-6-2-3-7-16(14)26-19/h2-3,6-9,12H,1,4-5,10-11H2. The molecule has 8 heteroatoms. The van der Waals surface area contributed by atoms with Crippen molar-refractivity contribution < 1.29 is 9.72 Å². The highest BCUT2D eigenvalue weighted by molar-refractivity contribution is 8.01. The Hall–Kier alpha value is -2.45. The molecule has 1 saturated heterocycles. The summed E-state index contributed by atoms with van der Waals surface area (Å²) >= 11 is 2.76. The van der Waals surface area contributed by atoms with Gasteiger partial charge < -0.3 is 4.90 Å². The van der Waals surface area contributed by atoms with Crippen molar-refractivity contribution in [3.05, 3.63) is 58.1 Å². The lowest BCUT2D eigenvalue weighted by molar-refractivity contribution is -0.387. The molecule has 0 unspecified atom stereocenters. The summed E-state index contributed by atoms with van der Waals surface area (Å²) in [6.07, 6.45) is 3.10. The molecule has 2 heterocycles. The molecular formula is C19H17N3O3S2. The average Bonchev–Trinajstić information content (AvgIpc) is 3.10. The lowest BCUT2D eigenvalue weighted by Gasteiger charge is -2.26. The van der Waals surface area contributed by atoms with Crippen LogP contribution >= 0.6 is 23.1 Å². The topological polar surface area (TPSA) is 76.3 Å². The van der Waals surface area contributed by atoms with Gasteiger partial charge in [0.1, 0.15) is 0 Å². The quantitative estimate of drug-likeness (QED) is 0.457. The fourth-order valence-electron chi connectivity index (χ4n) is 3.15. The van der Waals surface area contributed by atoms with Crippen LogP contribution in [0.25, 0.3) is 10.2 Å². The van der Waals surface area contributed by atoms with Crippen LogP contribution in [0.15, 0.2) is 51.7 Å². The van der Waals surface area contributed by atoms with Gasteiger partial charge in [0, 0.05) is 24.7 Å². The fraction of sp³-hybridized carbons (Fsp3) is 0.263. The fourth-order valence-corrected chi connectivity index (χ4v) is 5.26. The molecule has 0 bridgehead atoms. The van der Waals surface area contributed by atoms with E-state index < -0.39 is 4.92 Å². The maximum absolute atomic E-state index is 12.6. The monoisotopic (exact) mass is 399 g/mol. The van der Waals surface area contributed by atoms with Crippen molar-refractivity contribution in [3.8, 4) is 0 Å². The minimum atomic E-state index is -0.428. The summed E-state index contributed by atoms with van der Waals surface area (Å²) in [7, 11) is 0. The number of carbonyl (C=O) groups excluding carboxylic acids is 1. The third kappa shape index (κ3) is 3.81. The molecule has 0 N–H and O–H groups in total. The van der Waals surface area contributed by atoms with E-state index in [9.17, 15) is 14.9 Å². The van der Waals surface area contributed by atoms with Crippen LogP contribution in [0.2, 0.25) is 0 Å². The molecule has 0 aliphatic carbocycles. The molecule has 0 saturated carbocycles. The Kier molecular flexibility index (Phi) is 5.09. The molecule has 2 aromatic carbocycles. The number of hydrogen-bond donors (Lipinski definition) is 0. The number of nitro groups is 1. The molecule has 1 aliphatic heterocycles. The Morgan fingerprint density at radius 2 is 1.93 bits per heavy atom. The zero-order valence-corrected chi connectivity index (χ0v) is 16.1. The van der Waals surface area contributed by atoms with Gasteiger partial charge >= 0.3 is 0 Å². The number of benzene rings is 2. The van der Waals surface area contributed by atoms with E-state index in [0.29, 0.717) is 10.5 Å². The second kappa shape index (κ2) is 7.66. The first-order chi connectivity index (χ1) is 13.1. The van der Waals surface area contributed by atoms with Gasteiger partial charge in [-0.3, -0.25) is 14.9 Å². The summed E-state index contributed by atoms with van der Waals surface area (Å²) in [4.78, 5) is 30.6. The number of aromatic nitrogens is 1. The number of fused-ring (bicyclic) bond motifs is 1. The number of hydrogen-bond acceptors (Lipinski definition) is 6. The Bertz CT molecular complexity index is 979. The number of carbonyl (C=O) groups is 1. The Balaban J connectivity index is 1.62. The molecule has 138 valence electrons. The summed E-state index contributed by atoms with van der Waals surface area (Å²) < 4.78 is 1.79. The predicted octanol–water partition coefficient (Wildman–Crippen LogP) is 4.98. The van der Waals surface area contributed by atoms with Crippen molar-refractivity contribution in [3.63, 3.8) is 0 Å². The number of rotatable bonds is 4. The van der Waals surface area contributed by atoms with Crippen molar-refractivity contribution in [2.45, 2.75) is 28.5 Å². The largest absolute Gasteiger partial charge is 0.339 e. The first-order valence-corrected chi connectivity index (χ1v) is 10.4. The normalized spacial score (nSPS) is 14.4. The summed E-state index contributed by atoms with van der Waals surface area (Å²) in [5, 5.41) is 11.6. The minimum Gasteiger partial charge on any atom is -0.339 e. The van der Waals surface area contributed by atoms with Gasteiger partial charge in [0.25, 0.3) is 11.6 Å². The second-order valence-corrected chi connectivity index (χ2v) is 8.66. The van der Waals surface area contributed by atoms with E-state index in [-0.39, 0.29) is 11.6 Å². The van der Waals surface area contributed by atoms with Crippen LogP contribution in [0.4, 0.5) is 5.69 Å². The third-order valence-electron chi connectivity index (χ3n) is 4.52. The van der Waals surface area contributed by atoms with E-state index in [2.05, 4.69) is 4.98 Å². The summed E-state index contributed by atoms with van der Waals surface area (Å²) in [6.45, 7) is 1.43. The number of likely N-dealkylation sites (tertiary alicyclic amines) is 1. The highest BCUT2D eigenvalue weighted by atomic mass is 32.2. The molecular weight excluding hydrogens is 382 g/mol. The molecule has 1 fully saturated rings. The van der Waals surface area contributed by atoms with Crippen LogP contribution in [0.3, 0.4) is 0 Å². The first-order valence-electron chi connectivity index (χ1n) is 8.73. The van der Waals surface area contributed by atoms with Gasteiger partial charge in [-0.25, -0.2) is 4.98 Å². The molecule has 0 atom stereocenters. The number of amides is 1. The van der Waals surface area contributed by atoms with Gasteiger partial charge in [0.15, 0.2) is 4.34 Å². The lowest BCUT2D eigenvalue weighted by atomic mass is 10.1. The molecule has 27 heavy (non-hydrogen) atoms. The van der Waals surface area contributed by atoms with Crippen LogP contribution in [0.5, 0.6) is 0 Å². The molecule has 0 spiro atoms. The zero-order chi connectivity index (χ0) is 18.8. The van der Waals surface area contributed by atoms with Gasteiger partial charge in [-0.2, -0.15) is 0 Å². The number of para-hydroxylation sites is 1. The molecule has 4 rings (SSSR count). The number of piperidine rings is 1. The summed E-state index contributed by atoms with van der Waals surface area (Å²) in [5.74, 6) is -0.130. The van der Waals surface area contributed by atoms with Crippen LogP contribution in [0.1, 0.15) is 29.6 Å². The van der Waals surface area contributed by atoms with Crippen LogP contribution in [-0.2, 0) is 0 Å². The first kappa shape index (κ1) is 17.9. The van der Waals surface area contributed by atoms with E-state index in [4.69, 9.17) is 0 Å². The van der Waals surface area contributed by atoms with E-state index >= 15 is 0 Å². The summed E-state index contributed by atoms with van der Waals surface area (Å²) in [5.41, 5.74) is 1.20. The van der Waals surface area contributed by atoms with E-state index in [1.807, 2.05) is 24.3 Å². The SMILES string of the molecule is O=C(c1ccc(Sc2nc3ccccc3s2)c([N+](=O)[O-])c1)N1CCCCC1. The van der Waals surface area contributed by atoms with Gasteiger partial charge in [-0.05, 0) is 43.5 Å². The molecule has 1 aromatic heterocycles. The Morgan fingerprint density at radius 3 is 2.67 bits per heavy atom. The Morgan fingerprint density at radius 1 is 1.15 bits per heavy atom. The van der Waals surface area contributed by atoms with Gasteiger partial charge in [0.05, 0.1) is 20.0 Å². The van der Waals surface area contributed by atoms with E-state index in [1.54, 1.807) is 17.0 Å². The Labute approximate surface area is 164 Å². The second-order valence-electron chi connectivity index (χ2n) is 6.34. The van der Waals surface area contributed by atoms with Crippen LogP contribution in [-0.4, -0.2) is 33.8 Å². The maximum Gasteiger partial charge on any atom is 0.284 e. The smallest absolute Gasteiger partial charge is 0.284 e. The maximum atomic E-state index is 12.6. The van der Waals surface area contributed by atoms with Crippen LogP contribution in [0, 0.1) is 10.1 Å². The van der Waals surface area contributed by atoms with Crippen molar-refractivity contribution >= 4 is 44.9 Å². The van der Waals surface area contributed by atoms with Crippen molar-refractivity contribution in [1.82, 2.24) is 9.88 Å². The van der Waals surface area contributed by atoms with Crippen molar-refractivity contribution in [2.24, 2.45) is 0 Å². The lowest BCUT2D eigenvalue weighted by Crippen LogP contribution is -2.35. The molecule has 1 amide bonds. The molecule has 1 aliphatic rings. The zero-order valence-electron chi connectivity index (χ0n) is 14.5. The molecule has 3 aromatic rings. The number of nitrogens with zero attached hydrogens (tertiary/aromatic N) is 3. The van der Waals surface area contributed by atoms with Crippen molar-refractivity contribution in [2.75, 3.05) is 13.1 Å². The van der Waals surface area contributed by atoms with E-state index in [1.165, 1.54) is 29.2 Å². The predicted molar refractivity (Wildman–Crippen MR) is 107 cm³/mol. The molecule has 0 radical (unpaired) electrons. The summed E-state index contributed by atoms with van der Waals surface area (Å²) in [6, 6.07) is 12.5. The number of nitro benzene ring substituents is 1. The number of thiazole rings is 1. The van der Waals surface area contributed by atoms with Gasteiger partial charge in [0.2, 0.25) is 0 Å². The minimum absolute atomic E-state index is 0.0536. The van der Waals surface area contributed by atoms with Gasteiger partial charge in [-0.1, -0.05) is 23.9 Å². The third-order valence-corrected chi connectivity index (χ3v) is 6.68. The van der Waals surface area contributed by atoms with Gasteiger partial charge in [-0.15, -0.1) is 11.3 Å². The van der Waals surface area contributed by atoms with Crippen molar-refractivity contribution in [1.29, 1.82) is 0 Å².